The van der Waals surface area contributed by atoms with Crippen LogP contribution in [0.25, 0.3) is 6.08 Å². The van der Waals surface area contributed by atoms with Gasteiger partial charge in [-0.3, -0.25) is 4.79 Å². The molecule has 0 aromatic carbocycles. The second-order valence-electron chi connectivity index (χ2n) is 5.51. The molecule has 1 aliphatic rings. The fraction of sp³-hybridized carbons (Fsp3) is 0.278. The summed E-state index contributed by atoms with van der Waals surface area (Å²) in [6.45, 7) is 2.40. The van der Waals surface area contributed by atoms with Gasteiger partial charge in [0.15, 0.2) is 6.61 Å². The number of rotatable bonds is 5. The predicted molar refractivity (Wildman–Crippen MR) is 97.3 cm³/mol. The molecule has 3 rings (SSSR count). The highest BCUT2D eigenvalue weighted by atomic mass is 32.1. The molecule has 2 aromatic heterocycles. The molecule has 0 radical (unpaired) electrons. The molecule has 1 saturated heterocycles. The molecule has 0 saturated carbocycles. The van der Waals surface area contributed by atoms with Crippen LogP contribution < -0.4 is 4.90 Å². The lowest BCUT2D eigenvalue weighted by molar-refractivity contribution is -0.148. The molecular weight excluding hydrogens is 338 g/mol. The number of carbonyl (C=O) groups is 2. The minimum absolute atomic E-state index is 0.168. The number of thiophene rings is 1. The summed E-state index contributed by atoms with van der Waals surface area (Å²) in [6, 6.07) is 9.59. The number of ether oxygens (including phenoxy) is 1. The zero-order valence-corrected chi connectivity index (χ0v) is 14.5. The summed E-state index contributed by atoms with van der Waals surface area (Å²) in [6.07, 6.45) is 4.79. The molecule has 3 heterocycles. The number of amides is 1. The van der Waals surface area contributed by atoms with E-state index < -0.39 is 5.97 Å². The van der Waals surface area contributed by atoms with Crippen molar-refractivity contribution >= 4 is 35.1 Å². The van der Waals surface area contributed by atoms with E-state index in [1.807, 2.05) is 35.7 Å². The highest BCUT2D eigenvalue weighted by Gasteiger charge is 2.22. The summed E-state index contributed by atoms with van der Waals surface area (Å²) in [5.74, 6) is 0.243. The van der Waals surface area contributed by atoms with Crippen molar-refractivity contribution < 1.29 is 14.3 Å². The van der Waals surface area contributed by atoms with E-state index in [-0.39, 0.29) is 12.5 Å². The molecule has 0 atom stereocenters. The summed E-state index contributed by atoms with van der Waals surface area (Å²) in [7, 11) is 0. The third-order valence-electron chi connectivity index (χ3n) is 3.87. The standard InChI is InChI=1S/C18H19N3O3S/c22-17(14-24-18(23)7-6-15-4-3-13-25-15)21-11-9-20(10-12-21)16-5-1-2-8-19-16/h1-8,13H,9-12,14H2/b7-6+. The Balaban J connectivity index is 1.41. The van der Waals surface area contributed by atoms with Gasteiger partial charge in [-0.15, -0.1) is 11.3 Å². The normalized spacial score (nSPS) is 14.7. The van der Waals surface area contributed by atoms with Gasteiger partial charge in [0.2, 0.25) is 0 Å². The lowest BCUT2D eigenvalue weighted by Crippen LogP contribution is -2.50. The van der Waals surface area contributed by atoms with Gasteiger partial charge in [0.1, 0.15) is 5.82 Å². The Hall–Kier alpha value is -2.67. The van der Waals surface area contributed by atoms with Crippen LogP contribution in [0.3, 0.4) is 0 Å². The monoisotopic (exact) mass is 357 g/mol. The van der Waals surface area contributed by atoms with Gasteiger partial charge < -0.3 is 14.5 Å². The van der Waals surface area contributed by atoms with Crippen molar-refractivity contribution in [3.63, 3.8) is 0 Å². The van der Waals surface area contributed by atoms with Gasteiger partial charge in [0.25, 0.3) is 5.91 Å². The van der Waals surface area contributed by atoms with Crippen LogP contribution in [0.4, 0.5) is 5.82 Å². The zero-order chi connectivity index (χ0) is 17.5. The van der Waals surface area contributed by atoms with E-state index in [4.69, 9.17) is 4.74 Å². The molecule has 0 unspecified atom stereocenters. The van der Waals surface area contributed by atoms with Gasteiger partial charge in [-0.05, 0) is 29.7 Å². The fourth-order valence-electron chi connectivity index (χ4n) is 2.53. The molecule has 0 aliphatic carbocycles. The average molecular weight is 357 g/mol. The van der Waals surface area contributed by atoms with Gasteiger partial charge in [-0.2, -0.15) is 0 Å². The molecule has 130 valence electrons. The van der Waals surface area contributed by atoms with Crippen LogP contribution in [0.1, 0.15) is 4.88 Å². The Morgan fingerprint density at radius 2 is 2.00 bits per heavy atom. The Morgan fingerprint density at radius 3 is 2.68 bits per heavy atom. The highest BCUT2D eigenvalue weighted by molar-refractivity contribution is 7.10. The average Bonchev–Trinajstić information content (AvgIpc) is 3.19. The highest BCUT2D eigenvalue weighted by Crippen LogP contribution is 2.13. The summed E-state index contributed by atoms with van der Waals surface area (Å²) >= 11 is 1.53. The third kappa shape index (κ3) is 4.90. The van der Waals surface area contributed by atoms with Crippen LogP contribution in [0.15, 0.2) is 48.0 Å². The van der Waals surface area contributed by atoms with Crippen LogP contribution in [-0.4, -0.2) is 54.5 Å². The van der Waals surface area contributed by atoms with Gasteiger partial charge in [-0.25, -0.2) is 9.78 Å². The first-order valence-corrected chi connectivity index (χ1v) is 8.92. The SMILES string of the molecule is O=C(/C=C/c1cccs1)OCC(=O)N1CCN(c2ccccn2)CC1. The van der Waals surface area contributed by atoms with Crippen LogP contribution in [0, 0.1) is 0 Å². The first-order chi connectivity index (χ1) is 12.2. The molecular formula is C18H19N3O3S. The number of piperazine rings is 1. The van der Waals surface area contributed by atoms with E-state index in [2.05, 4.69) is 9.88 Å². The fourth-order valence-corrected chi connectivity index (χ4v) is 3.15. The molecule has 1 aliphatic heterocycles. The van der Waals surface area contributed by atoms with Crippen molar-refractivity contribution in [2.45, 2.75) is 0 Å². The lowest BCUT2D eigenvalue weighted by Gasteiger charge is -2.35. The molecule has 6 nitrogen and oxygen atoms in total. The molecule has 25 heavy (non-hydrogen) atoms. The van der Waals surface area contributed by atoms with Crippen molar-refractivity contribution in [1.29, 1.82) is 0 Å². The summed E-state index contributed by atoms with van der Waals surface area (Å²) in [4.78, 5) is 33.0. The smallest absolute Gasteiger partial charge is 0.331 e. The first kappa shape index (κ1) is 17.2. The number of hydrogen-bond acceptors (Lipinski definition) is 6. The van der Waals surface area contributed by atoms with Crippen LogP contribution >= 0.6 is 11.3 Å². The number of nitrogens with zero attached hydrogens (tertiary/aromatic N) is 3. The summed E-state index contributed by atoms with van der Waals surface area (Å²) in [5.41, 5.74) is 0. The van der Waals surface area contributed by atoms with Crippen molar-refractivity contribution in [3.8, 4) is 0 Å². The van der Waals surface area contributed by atoms with Gasteiger partial charge in [-0.1, -0.05) is 12.1 Å². The van der Waals surface area contributed by atoms with E-state index in [1.165, 1.54) is 17.4 Å². The molecule has 1 fully saturated rings. The van der Waals surface area contributed by atoms with Crippen LogP contribution in [0.5, 0.6) is 0 Å². The van der Waals surface area contributed by atoms with Gasteiger partial charge in [0.05, 0.1) is 0 Å². The van der Waals surface area contributed by atoms with Gasteiger partial charge >= 0.3 is 5.97 Å². The van der Waals surface area contributed by atoms with E-state index >= 15 is 0 Å². The quantitative estimate of drug-likeness (QED) is 0.605. The third-order valence-corrected chi connectivity index (χ3v) is 4.71. The Morgan fingerprint density at radius 1 is 1.16 bits per heavy atom. The second-order valence-corrected chi connectivity index (χ2v) is 6.49. The maximum absolute atomic E-state index is 12.2. The van der Waals surface area contributed by atoms with Crippen molar-refractivity contribution in [3.05, 3.63) is 52.9 Å². The number of aromatic nitrogens is 1. The van der Waals surface area contributed by atoms with Crippen molar-refractivity contribution in [1.82, 2.24) is 9.88 Å². The molecule has 0 bridgehead atoms. The topological polar surface area (TPSA) is 62.7 Å². The predicted octanol–water partition coefficient (Wildman–Crippen LogP) is 2.05. The molecule has 2 aromatic rings. The molecule has 0 spiro atoms. The maximum Gasteiger partial charge on any atom is 0.331 e. The Labute approximate surface area is 150 Å². The van der Waals surface area contributed by atoms with E-state index in [9.17, 15) is 9.59 Å². The second kappa shape index (κ2) is 8.43. The van der Waals surface area contributed by atoms with Crippen LogP contribution in [0.2, 0.25) is 0 Å². The van der Waals surface area contributed by atoms with E-state index in [0.717, 1.165) is 23.8 Å². The zero-order valence-electron chi connectivity index (χ0n) is 13.7. The number of carbonyl (C=O) groups excluding carboxylic acids is 2. The first-order valence-electron chi connectivity index (χ1n) is 8.04. The minimum atomic E-state index is -0.506. The Bertz CT molecular complexity index is 723. The number of pyridine rings is 1. The lowest BCUT2D eigenvalue weighted by atomic mass is 10.3. The largest absolute Gasteiger partial charge is 0.452 e. The maximum atomic E-state index is 12.2. The molecule has 7 heteroatoms. The summed E-state index contributed by atoms with van der Waals surface area (Å²) in [5, 5.41) is 1.93. The molecule has 0 N–H and O–H groups in total. The number of hydrogen-bond donors (Lipinski definition) is 0. The van der Waals surface area contributed by atoms with Gasteiger partial charge in [0, 0.05) is 43.3 Å². The molecule has 1 amide bonds. The minimum Gasteiger partial charge on any atom is -0.452 e. The van der Waals surface area contributed by atoms with Crippen LogP contribution in [-0.2, 0) is 14.3 Å². The van der Waals surface area contributed by atoms with Crippen molar-refractivity contribution in [2.75, 3.05) is 37.7 Å². The number of anilines is 1. The summed E-state index contributed by atoms with van der Waals surface area (Å²) < 4.78 is 5.03. The van der Waals surface area contributed by atoms with E-state index in [0.29, 0.717) is 13.1 Å². The van der Waals surface area contributed by atoms with Crippen molar-refractivity contribution in [2.24, 2.45) is 0 Å². The number of esters is 1. The Kier molecular flexibility index (Phi) is 5.79. The van der Waals surface area contributed by atoms with E-state index in [1.54, 1.807) is 17.2 Å².